The molecule has 2 aromatic heterocycles. The number of nitrogens with one attached hydrogen (secondary N) is 1. The Morgan fingerprint density at radius 1 is 0.529 bits per heavy atom. The van der Waals surface area contributed by atoms with Crippen LogP contribution in [-0.2, 0) is 59.7 Å². The summed E-state index contributed by atoms with van der Waals surface area (Å²) in [5, 5.41) is 29.2. The van der Waals surface area contributed by atoms with E-state index < -0.39 is 6.04 Å². The molecule has 1 N–H and O–H groups in total. The molecule has 4 radical (unpaired) electrons. The van der Waals surface area contributed by atoms with Crippen molar-refractivity contribution < 1.29 is 28.1 Å². The van der Waals surface area contributed by atoms with Gasteiger partial charge < -0.3 is 10.1 Å². The van der Waals surface area contributed by atoms with E-state index in [2.05, 4.69) is 143 Å². The molecule has 9 rings (SSSR count). The SMILES string of the molecule is BrCc1ccc(-c2ccccc2-c2nnnn2Cc2ccccc2)cc1.CC(C)[C@H](NCc1ccc(-c2ccccc2-c2nnnn2Cc2ccccc2)cc1)C(=O)OCc1ccccc1.[B].[V]. The second-order valence-corrected chi connectivity index (χ2v) is 16.7. The standard InChI is InChI=1S/C33H33N5O2.C21H17BrN4.B.V/c1-24(2)31(33(39)40-23-27-13-7-4-8-14-27)34-21-25-17-19-28(20-18-25)29-15-9-10-16-30(29)32-35-36-37-38(32)22-26-11-5-3-6-12-26;22-14-16-10-12-18(13-11-16)19-8-4-5-9-20(19)21-23-24-25-26(21)15-17-6-2-1-3-7-17;;/h3-20,24,31,34H,21-23H2,1-2H3;1-13H,14-15H2;;/t31-;;;/m0.../s1. The molecule has 1 atom stereocenters. The van der Waals surface area contributed by atoms with Gasteiger partial charge in [-0.05, 0) is 76.8 Å². The van der Waals surface area contributed by atoms with E-state index in [4.69, 9.17) is 4.74 Å². The maximum Gasteiger partial charge on any atom is 0.323 e. The van der Waals surface area contributed by atoms with Gasteiger partial charge in [0.05, 0.1) is 13.1 Å². The molecule has 0 fully saturated rings. The first-order chi connectivity index (χ1) is 32.4. The van der Waals surface area contributed by atoms with Gasteiger partial charge in [-0.15, -0.1) is 10.2 Å². The van der Waals surface area contributed by atoms with Gasteiger partial charge in [0, 0.05) is 50.0 Å². The largest absolute Gasteiger partial charge is 0.460 e. The van der Waals surface area contributed by atoms with Crippen LogP contribution in [0.15, 0.2) is 188 Å². The fourth-order valence-electron chi connectivity index (χ4n) is 7.59. The van der Waals surface area contributed by atoms with Gasteiger partial charge in [-0.2, -0.15) is 0 Å². The van der Waals surface area contributed by atoms with Crippen molar-refractivity contribution in [3.05, 3.63) is 216 Å². The molecule has 0 saturated carbocycles. The average Bonchev–Trinajstić information content (AvgIpc) is 4.04. The second kappa shape index (κ2) is 25.4. The van der Waals surface area contributed by atoms with Crippen LogP contribution in [0.4, 0.5) is 0 Å². The fraction of sp³-hybridized carbons (Fsp3) is 0.167. The van der Waals surface area contributed by atoms with E-state index >= 15 is 0 Å². The van der Waals surface area contributed by atoms with Gasteiger partial charge in [0.25, 0.3) is 0 Å². The number of alkyl halides is 1. The molecule has 0 unspecified atom stereocenters. The molecular formula is C54H50BBrN9O2V. The molecule has 11 nitrogen and oxygen atoms in total. The summed E-state index contributed by atoms with van der Waals surface area (Å²) in [5.41, 5.74) is 12.0. The smallest absolute Gasteiger partial charge is 0.323 e. The number of halogens is 1. The zero-order valence-electron chi connectivity index (χ0n) is 37.9. The second-order valence-electron chi connectivity index (χ2n) is 16.1. The Morgan fingerprint density at radius 3 is 1.35 bits per heavy atom. The summed E-state index contributed by atoms with van der Waals surface area (Å²) in [4.78, 5) is 12.8. The third-order valence-corrected chi connectivity index (χ3v) is 11.8. The number of tetrazole rings is 2. The van der Waals surface area contributed by atoms with E-state index in [0.29, 0.717) is 19.6 Å². The topological polar surface area (TPSA) is 126 Å². The monoisotopic (exact) mass is 997 g/mol. The van der Waals surface area contributed by atoms with Crippen molar-refractivity contribution in [2.24, 2.45) is 5.92 Å². The van der Waals surface area contributed by atoms with Crippen LogP contribution >= 0.6 is 15.9 Å². The minimum atomic E-state index is -0.396. The Bertz CT molecular complexity index is 2920. The van der Waals surface area contributed by atoms with Gasteiger partial charge in [-0.25, -0.2) is 9.36 Å². The Balaban J connectivity index is 0.000000236. The first kappa shape index (κ1) is 50.6. The first-order valence-corrected chi connectivity index (χ1v) is 23.0. The van der Waals surface area contributed by atoms with Crippen molar-refractivity contribution in [2.75, 3.05) is 0 Å². The molecule has 0 aliphatic carbocycles. The van der Waals surface area contributed by atoms with Crippen LogP contribution < -0.4 is 5.32 Å². The van der Waals surface area contributed by atoms with Gasteiger partial charge >= 0.3 is 5.97 Å². The third kappa shape index (κ3) is 13.2. The minimum absolute atomic E-state index is 0. The van der Waals surface area contributed by atoms with E-state index in [0.717, 1.165) is 67.0 Å². The van der Waals surface area contributed by atoms with Crippen molar-refractivity contribution >= 4 is 30.3 Å². The molecule has 14 heteroatoms. The van der Waals surface area contributed by atoms with Crippen LogP contribution in [0, 0.1) is 5.92 Å². The maximum absolute atomic E-state index is 12.8. The molecule has 68 heavy (non-hydrogen) atoms. The predicted octanol–water partition coefficient (Wildman–Crippen LogP) is 10.5. The van der Waals surface area contributed by atoms with E-state index in [-0.39, 0.29) is 45.5 Å². The summed E-state index contributed by atoms with van der Waals surface area (Å²) >= 11 is 3.50. The quantitative estimate of drug-likeness (QED) is 0.0572. The van der Waals surface area contributed by atoms with Crippen molar-refractivity contribution in [1.82, 2.24) is 45.7 Å². The van der Waals surface area contributed by atoms with E-state index in [1.54, 1.807) is 0 Å². The summed E-state index contributed by atoms with van der Waals surface area (Å²) in [6.07, 6.45) is 0. The number of rotatable bonds is 16. The van der Waals surface area contributed by atoms with Crippen molar-refractivity contribution in [1.29, 1.82) is 0 Å². The number of hydrogen-bond donors (Lipinski definition) is 1. The van der Waals surface area contributed by atoms with Gasteiger partial charge in [-0.1, -0.05) is 218 Å². The number of carbonyl (C=O) groups is 1. The van der Waals surface area contributed by atoms with Crippen LogP contribution in [0.25, 0.3) is 45.0 Å². The zero-order chi connectivity index (χ0) is 45.5. The molecule has 7 aromatic carbocycles. The number of ether oxygens (including phenoxy) is 1. The normalized spacial score (nSPS) is 11.1. The van der Waals surface area contributed by atoms with Gasteiger partial charge in [0.15, 0.2) is 11.6 Å². The van der Waals surface area contributed by atoms with Gasteiger partial charge in [-0.3, -0.25) is 4.79 Å². The predicted molar refractivity (Wildman–Crippen MR) is 269 cm³/mol. The minimum Gasteiger partial charge on any atom is -0.460 e. The number of esters is 1. The van der Waals surface area contributed by atoms with E-state index in [9.17, 15) is 4.79 Å². The van der Waals surface area contributed by atoms with Crippen molar-refractivity contribution in [3.8, 4) is 45.0 Å². The summed E-state index contributed by atoms with van der Waals surface area (Å²) in [6, 6.07) is 63.0. The first-order valence-electron chi connectivity index (χ1n) is 21.9. The molecule has 0 saturated heterocycles. The van der Waals surface area contributed by atoms with E-state index in [1.807, 2.05) is 120 Å². The van der Waals surface area contributed by atoms with Crippen LogP contribution in [0.1, 0.15) is 41.7 Å². The van der Waals surface area contributed by atoms with Crippen molar-refractivity contribution in [3.63, 3.8) is 0 Å². The number of benzene rings is 7. The third-order valence-electron chi connectivity index (χ3n) is 11.1. The molecule has 2 heterocycles. The molecule has 0 aliphatic heterocycles. The molecule has 0 bridgehead atoms. The van der Waals surface area contributed by atoms with Crippen LogP contribution in [0.2, 0.25) is 0 Å². The summed E-state index contributed by atoms with van der Waals surface area (Å²) in [7, 11) is 0. The fourth-order valence-corrected chi connectivity index (χ4v) is 7.97. The van der Waals surface area contributed by atoms with E-state index in [1.165, 1.54) is 11.1 Å². The summed E-state index contributed by atoms with van der Waals surface area (Å²) in [5.74, 6) is 1.35. The number of hydrogen-bond acceptors (Lipinski definition) is 9. The van der Waals surface area contributed by atoms with Crippen LogP contribution in [0.5, 0.6) is 0 Å². The summed E-state index contributed by atoms with van der Waals surface area (Å²) < 4.78 is 9.27. The molecule has 0 aliphatic rings. The Labute approximate surface area is 420 Å². The molecule has 9 aromatic rings. The maximum atomic E-state index is 12.8. The number of nitrogens with zero attached hydrogens (tertiary/aromatic N) is 8. The number of aromatic nitrogens is 8. The van der Waals surface area contributed by atoms with Crippen molar-refractivity contribution in [2.45, 2.75) is 51.5 Å². The average molecular weight is 999 g/mol. The van der Waals surface area contributed by atoms with Crippen LogP contribution in [-0.4, -0.2) is 60.8 Å². The Kier molecular flexibility index (Phi) is 18.9. The van der Waals surface area contributed by atoms with Crippen LogP contribution in [0.3, 0.4) is 0 Å². The molecule has 0 spiro atoms. The molecule has 0 amide bonds. The Hall–Kier alpha value is -6.76. The Morgan fingerprint density at radius 2 is 0.926 bits per heavy atom. The van der Waals surface area contributed by atoms with Gasteiger partial charge in [0.2, 0.25) is 0 Å². The zero-order valence-corrected chi connectivity index (χ0v) is 40.9. The number of carbonyl (C=O) groups excluding carboxylic acids is 1. The van der Waals surface area contributed by atoms with Gasteiger partial charge in [0.1, 0.15) is 12.6 Å². The molecular weight excluding hydrogens is 948 g/mol. The molecule has 338 valence electrons. The summed E-state index contributed by atoms with van der Waals surface area (Å²) in [6.45, 7) is 6.10.